The summed E-state index contributed by atoms with van der Waals surface area (Å²) in [5, 5.41) is 29.4. The largest absolute Gasteiger partial charge is 0.508 e. The minimum Gasteiger partial charge on any atom is -0.508 e. The second kappa shape index (κ2) is 21.9. The molecule has 5 amide bonds. The van der Waals surface area contributed by atoms with E-state index >= 15 is 0 Å². The summed E-state index contributed by atoms with van der Waals surface area (Å²) in [5.41, 5.74) is 18.0. The molecule has 1 aliphatic heterocycles. The van der Waals surface area contributed by atoms with E-state index in [1.807, 2.05) is 33.5 Å². The Morgan fingerprint density at radius 1 is 0.873 bits per heavy atom. The average Bonchev–Trinajstić information content (AvgIpc) is 3.61. The van der Waals surface area contributed by atoms with Gasteiger partial charge in [0.1, 0.15) is 35.1 Å². The Hall–Kier alpha value is -4.06. The third-order valence-corrected chi connectivity index (χ3v) is 13.7. The molecule has 1 aromatic carbocycles. The topological polar surface area (TPSA) is 272 Å². The van der Waals surface area contributed by atoms with Gasteiger partial charge in [-0.2, -0.15) is 0 Å². The molecule has 2 rings (SSSR count). The van der Waals surface area contributed by atoms with Gasteiger partial charge in [0.2, 0.25) is 29.5 Å². The number of nitrogens with one attached hydrogen (secondary N) is 4. The minimum absolute atomic E-state index is 0.0101. The van der Waals surface area contributed by atoms with Crippen molar-refractivity contribution in [2.75, 3.05) is 19.6 Å². The predicted molar refractivity (Wildman–Crippen MR) is 213 cm³/mol. The molecule has 0 aliphatic carbocycles. The lowest BCUT2D eigenvalue weighted by Crippen LogP contribution is -2.72. The zero-order chi connectivity index (χ0) is 41.5. The molecule has 1 aliphatic rings. The number of phenols is 1. The number of carboxylic acids is 1. The van der Waals surface area contributed by atoms with E-state index in [1.54, 1.807) is 19.1 Å². The van der Waals surface area contributed by atoms with Crippen LogP contribution in [-0.4, -0.2) is 114 Å². The van der Waals surface area contributed by atoms with Gasteiger partial charge in [-0.25, -0.2) is 4.79 Å². The molecule has 16 nitrogen and oxygen atoms in total. The number of rotatable bonds is 23. The molecule has 0 unspecified atom stereocenters. The van der Waals surface area contributed by atoms with Gasteiger partial charge in [0.05, 0.1) is 14.1 Å². The van der Waals surface area contributed by atoms with Crippen molar-refractivity contribution in [2.24, 2.45) is 23.1 Å². The third kappa shape index (κ3) is 14.2. The van der Waals surface area contributed by atoms with Crippen molar-refractivity contribution in [1.82, 2.24) is 26.2 Å². The number of aliphatic carboxylic acids is 1. The lowest BCUT2D eigenvalue weighted by atomic mass is 10.0. The Bertz CT molecular complexity index is 1460. The van der Waals surface area contributed by atoms with Crippen LogP contribution in [0.15, 0.2) is 24.3 Å². The highest BCUT2D eigenvalue weighted by molar-refractivity contribution is 6.82. The van der Waals surface area contributed by atoms with Gasteiger partial charge in [0.15, 0.2) is 0 Å². The second-order valence-electron chi connectivity index (χ2n) is 16.2. The molecule has 310 valence electrons. The molecule has 6 atom stereocenters. The molecular formula is C38H66N8O8Si. The number of hydrogen-bond acceptors (Lipinski definition) is 10. The SMILES string of the molecule is CC(C)C[C@H](NC(=O)[C@](C)(NC(=O)[C@H](Cc1ccc(O)cc1)NC(=O)[C@@H]1CCCN1C(=O)[C@H](CCCCN)NC(=O)[C@@H](N)CCCCN)[Si](C)(C)C)C(=O)O. The number of aromatic hydroxyl groups is 1. The van der Waals surface area contributed by atoms with Crippen LogP contribution in [0.5, 0.6) is 5.75 Å². The first-order valence-electron chi connectivity index (χ1n) is 19.5. The molecule has 1 fully saturated rings. The van der Waals surface area contributed by atoms with E-state index in [9.17, 15) is 39.0 Å². The van der Waals surface area contributed by atoms with Crippen LogP contribution in [-0.2, 0) is 35.2 Å². The van der Waals surface area contributed by atoms with Crippen LogP contribution in [0.4, 0.5) is 0 Å². The molecule has 12 N–H and O–H groups in total. The molecule has 0 spiro atoms. The van der Waals surface area contributed by atoms with Crippen molar-refractivity contribution < 1.29 is 39.0 Å². The Labute approximate surface area is 326 Å². The van der Waals surface area contributed by atoms with Crippen LogP contribution in [0.1, 0.15) is 84.1 Å². The van der Waals surface area contributed by atoms with Crippen molar-refractivity contribution in [3.63, 3.8) is 0 Å². The van der Waals surface area contributed by atoms with Gasteiger partial charge in [0, 0.05) is 13.0 Å². The lowest BCUT2D eigenvalue weighted by Gasteiger charge is -2.41. The molecule has 55 heavy (non-hydrogen) atoms. The Balaban J connectivity index is 2.40. The van der Waals surface area contributed by atoms with E-state index in [-0.39, 0.29) is 31.1 Å². The zero-order valence-corrected chi connectivity index (χ0v) is 34.5. The first-order chi connectivity index (χ1) is 25.7. The van der Waals surface area contributed by atoms with Gasteiger partial charge < -0.3 is 53.6 Å². The number of carbonyl (C=O) groups is 6. The molecule has 1 heterocycles. The van der Waals surface area contributed by atoms with Gasteiger partial charge in [-0.05, 0) is 95.0 Å². The summed E-state index contributed by atoms with van der Waals surface area (Å²) in [6, 6.07) is 0.999. The number of nitrogens with two attached hydrogens (primary N) is 3. The van der Waals surface area contributed by atoms with E-state index in [4.69, 9.17) is 17.2 Å². The quantitative estimate of drug-likeness (QED) is 0.0554. The Morgan fingerprint density at radius 3 is 2.02 bits per heavy atom. The first-order valence-corrected chi connectivity index (χ1v) is 23.0. The number of likely N-dealkylation sites (tertiary alicyclic amines) is 1. The zero-order valence-electron chi connectivity index (χ0n) is 33.5. The maximum absolute atomic E-state index is 14.3. The van der Waals surface area contributed by atoms with E-state index in [2.05, 4.69) is 21.3 Å². The van der Waals surface area contributed by atoms with Crippen LogP contribution in [0.3, 0.4) is 0 Å². The molecule has 0 aromatic heterocycles. The molecule has 0 bridgehead atoms. The van der Waals surface area contributed by atoms with E-state index in [0.29, 0.717) is 70.0 Å². The number of hydrogen-bond donors (Lipinski definition) is 9. The highest BCUT2D eigenvalue weighted by Crippen LogP contribution is 2.24. The molecular weight excluding hydrogens is 725 g/mol. The van der Waals surface area contributed by atoms with Crippen LogP contribution in [0.2, 0.25) is 19.6 Å². The molecule has 0 saturated carbocycles. The smallest absolute Gasteiger partial charge is 0.326 e. The van der Waals surface area contributed by atoms with E-state index in [1.165, 1.54) is 17.0 Å². The third-order valence-electron chi connectivity index (χ3n) is 10.4. The summed E-state index contributed by atoms with van der Waals surface area (Å²) in [7, 11) is -2.67. The van der Waals surface area contributed by atoms with Crippen molar-refractivity contribution in [2.45, 2.75) is 140 Å². The maximum Gasteiger partial charge on any atom is 0.326 e. The summed E-state index contributed by atoms with van der Waals surface area (Å²) in [5.74, 6) is -4.01. The summed E-state index contributed by atoms with van der Waals surface area (Å²) in [6.07, 6.45) is 4.25. The van der Waals surface area contributed by atoms with Gasteiger partial charge >= 0.3 is 5.97 Å². The Kier molecular flexibility index (Phi) is 18.7. The summed E-state index contributed by atoms with van der Waals surface area (Å²) in [4.78, 5) is 82.8. The van der Waals surface area contributed by atoms with Crippen molar-refractivity contribution >= 4 is 43.6 Å². The van der Waals surface area contributed by atoms with E-state index in [0.717, 1.165) is 0 Å². The van der Waals surface area contributed by atoms with Crippen LogP contribution in [0.25, 0.3) is 0 Å². The first kappa shape index (κ1) is 47.1. The number of unbranched alkanes of at least 4 members (excludes halogenated alkanes) is 2. The van der Waals surface area contributed by atoms with Crippen LogP contribution in [0, 0.1) is 5.92 Å². The number of benzene rings is 1. The summed E-state index contributed by atoms with van der Waals surface area (Å²) in [6.45, 7) is 12.0. The normalized spacial score (nSPS) is 17.7. The second-order valence-corrected chi connectivity index (χ2v) is 21.7. The highest BCUT2D eigenvalue weighted by atomic mass is 28.3. The molecule has 1 aromatic rings. The standard InChI is InChI=1S/C38H66N8O8Si/c1-24(2)22-30(36(52)53)44-37(54)38(3,55(4,5)6)45-33(49)29(23-25-15-17-26(47)18-16-25)43-34(50)31-14-11-21-46(31)35(51)28(13-8-10-20-40)42-32(48)27(41)12-7-9-19-39/h15-18,24,27-31,47H,7-14,19-23,39-41H2,1-6H3,(H,42,48)(H,43,50)(H,44,54)(H,45,49)(H,52,53)/t27-,28-,29-,30-,31-,38+/m0/s1. The van der Waals surface area contributed by atoms with Crippen molar-refractivity contribution in [1.29, 1.82) is 0 Å². The Morgan fingerprint density at radius 2 is 1.47 bits per heavy atom. The summed E-state index contributed by atoms with van der Waals surface area (Å²) >= 11 is 0. The summed E-state index contributed by atoms with van der Waals surface area (Å²) < 4.78 is 0. The number of amides is 5. The number of nitrogens with zero attached hydrogens (tertiary/aromatic N) is 1. The molecule has 17 heteroatoms. The van der Waals surface area contributed by atoms with Crippen LogP contribution < -0.4 is 38.5 Å². The van der Waals surface area contributed by atoms with Gasteiger partial charge in [0.25, 0.3) is 0 Å². The average molecular weight is 791 g/mol. The monoisotopic (exact) mass is 790 g/mol. The van der Waals surface area contributed by atoms with Gasteiger partial charge in [-0.1, -0.05) is 52.0 Å². The number of carbonyl (C=O) groups excluding carboxylic acids is 5. The van der Waals surface area contributed by atoms with Crippen molar-refractivity contribution in [3.8, 4) is 5.75 Å². The number of phenolic OH excluding ortho intramolecular Hbond substituents is 1. The fourth-order valence-corrected chi connectivity index (χ4v) is 7.68. The molecule has 1 saturated heterocycles. The van der Waals surface area contributed by atoms with E-state index < -0.39 is 79.0 Å². The fourth-order valence-electron chi connectivity index (χ4n) is 6.43. The minimum atomic E-state index is -2.67. The molecule has 0 radical (unpaired) electrons. The lowest BCUT2D eigenvalue weighted by molar-refractivity contribution is -0.143. The highest BCUT2D eigenvalue weighted by Gasteiger charge is 2.49. The van der Waals surface area contributed by atoms with Crippen molar-refractivity contribution in [3.05, 3.63) is 29.8 Å². The number of carboxylic acid groups (broad SMARTS) is 1. The fraction of sp³-hybridized carbons (Fsp3) is 0.684. The van der Waals surface area contributed by atoms with Gasteiger partial charge in [-0.15, -0.1) is 0 Å². The predicted octanol–water partition coefficient (Wildman–Crippen LogP) is 0.848. The van der Waals surface area contributed by atoms with Gasteiger partial charge in [-0.3, -0.25) is 24.0 Å². The maximum atomic E-state index is 14.3. The van der Waals surface area contributed by atoms with Crippen LogP contribution >= 0.6 is 0 Å².